The van der Waals surface area contributed by atoms with E-state index in [4.69, 9.17) is 5.73 Å². The number of benzene rings is 2. The maximum absolute atomic E-state index is 13.4. The lowest BCUT2D eigenvalue weighted by Crippen LogP contribution is -2.59. The van der Waals surface area contributed by atoms with E-state index in [2.05, 4.69) is 16.0 Å². The van der Waals surface area contributed by atoms with E-state index in [-0.39, 0.29) is 30.9 Å². The molecule has 0 aliphatic carbocycles. The quantitative estimate of drug-likeness (QED) is 0.179. The second-order valence-electron chi connectivity index (χ2n) is 9.98. The van der Waals surface area contributed by atoms with Crippen molar-refractivity contribution in [2.75, 3.05) is 0 Å². The predicted octanol–water partition coefficient (Wildman–Crippen LogP) is 0.471. The van der Waals surface area contributed by atoms with Crippen molar-refractivity contribution in [3.8, 4) is 5.75 Å². The maximum atomic E-state index is 13.4. The molecule has 11 heteroatoms. The molecule has 0 bridgehead atoms. The number of aromatic hydroxyl groups is 1. The lowest BCUT2D eigenvalue weighted by molar-refractivity contribution is -0.145. The van der Waals surface area contributed by atoms with Crippen LogP contribution >= 0.6 is 0 Å². The van der Waals surface area contributed by atoms with Gasteiger partial charge in [-0.2, -0.15) is 0 Å². The number of carbonyl (C=O) groups excluding carboxylic acids is 3. The molecule has 8 N–H and O–H groups in total. The molecule has 0 aliphatic heterocycles. The first-order valence-electron chi connectivity index (χ1n) is 12.8. The van der Waals surface area contributed by atoms with E-state index >= 15 is 0 Å². The summed E-state index contributed by atoms with van der Waals surface area (Å²) in [6.45, 7) is 4.89. The average Bonchev–Trinajstić information content (AvgIpc) is 2.87. The summed E-state index contributed by atoms with van der Waals surface area (Å²) in [7, 11) is 0. The number of amides is 3. The highest BCUT2D eigenvalue weighted by molar-refractivity contribution is 5.94. The van der Waals surface area contributed by atoms with Gasteiger partial charge in [0.05, 0.1) is 12.1 Å². The Morgan fingerprint density at radius 2 is 1.31 bits per heavy atom. The Hall–Kier alpha value is -3.96. The highest BCUT2D eigenvalue weighted by atomic mass is 16.4. The summed E-state index contributed by atoms with van der Waals surface area (Å²) in [6.07, 6.45) is -0.905. The van der Waals surface area contributed by atoms with Crippen LogP contribution in [-0.4, -0.2) is 69.3 Å². The molecule has 0 aliphatic rings. The minimum absolute atomic E-state index is 0.0356. The van der Waals surface area contributed by atoms with Crippen molar-refractivity contribution in [3.05, 3.63) is 65.7 Å². The highest BCUT2D eigenvalue weighted by Crippen LogP contribution is 2.13. The van der Waals surface area contributed by atoms with Crippen LogP contribution in [0.4, 0.5) is 0 Å². The first-order chi connectivity index (χ1) is 18.4. The summed E-state index contributed by atoms with van der Waals surface area (Å²) in [4.78, 5) is 50.8. The van der Waals surface area contributed by atoms with E-state index < -0.39 is 54.0 Å². The minimum atomic E-state index is -1.56. The fourth-order valence-electron chi connectivity index (χ4n) is 3.93. The number of carbonyl (C=O) groups is 4. The molecule has 0 fully saturated rings. The van der Waals surface area contributed by atoms with Gasteiger partial charge in [-0.05, 0) is 48.9 Å². The summed E-state index contributed by atoms with van der Waals surface area (Å²) in [5.74, 6) is -3.46. The number of nitrogens with one attached hydrogen (secondary N) is 3. The van der Waals surface area contributed by atoms with Gasteiger partial charge in [-0.3, -0.25) is 14.4 Å². The van der Waals surface area contributed by atoms with Crippen LogP contribution in [0.5, 0.6) is 5.75 Å². The van der Waals surface area contributed by atoms with Gasteiger partial charge >= 0.3 is 5.97 Å². The number of aliphatic hydroxyl groups excluding tert-OH is 1. The van der Waals surface area contributed by atoms with Crippen LogP contribution in [0.15, 0.2) is 54.6 Å². The van der Waals surface area contributed by atoms with Gasteiger partial charge in [-0.15, -0.1) is 0 Å². The fourth-order valence-corrected chi connectivity index (χ4v) is 3.93. The first-order valence-corrected chi connectivity index (χ1v) is 12.8. The average molecular weight is 543 g/mol. The summed E-state index contributed by atoms with van der Waals surface area (Å²) in [5.41, 5.74) is 7.60. The zero-order chi connectivity index (χ0) is 29.1. The zero-order valence-corrected chi connectivity index (χ0v) is 22.3. The van der Waals surface area contributed by atoms with Crippen molar-refractivity contribution in [2.45, 2.75) is 70.3 Å². The second kappa shape index (κ2) is 14.8. The number of rotatable bonds is 14. The molecule has 212 valence electrons. The standard InChI is InChI=1S/C28H38N4O7/c1-16(2)13-22(27(37)32-24(17(3)33)28(38)39)31-26(36)23(15-19-9-11-20(34)12-10-19)30-25(35)21(29)14-18-7-5-4-6-8-18/h4-12,16-17,21-24,33-34H,13-15,29H2,1-3H3,(H,30,35)(H,31,36)(H,32,37)(H,38,39). The molecular formula is C28H38N4O7. The van der Waals surface area contributed by atoms with E-state index in [1.54, 1.807) is 12.1 Å². The number of nitrogens with two attached hydrogens (primary N) is 1. The molecule has 39 heavy (non-hydrogen) atoms. The summed E-state index contributed by atoms with van der Waals surface area (Å²) < 4.78 is 0. The van der Waals surface area contributed by atoms with Crippen LogP contribution in [0.25, 0.3) is 0 Å². The number of aliphatic hydroxyl groups is 1. The Bertz CT molecular complexity index is 1110. The van der Waals surface area contributed by atoms with Gasteiger partial charge in [0.2, 0.25) is 17.7 Å². The number of carboxylic acids is 1. The molecule has 0 aromatic heterocycles. The Balaban J connectivity index is 2.24. The van der Waals surface area contributed by atoms with Gasteiger partial charge in [0.15, 0.2) is 6.04 Å². The van der Waals surface area contributed by atoms with Crippen LogP contribution in [0.1, 0.15) is 38.3 Å². The van der Waals surface area contributed by atoms with Crippen molar-refractivity contribution >= 4 is 23.7 Å². The molecule has 5 atom stereocenters. The Morgan fingerprint density at radius 1 is 0.769 bits per heavy atom. The molecule has 11 nitrogen and oxygen atoms in total. The van der Waals surface area contributed by atoms with Gasteiger partial charge in [0, 0.05) is 6.42 Å². The molecule has 2 aromatic carbocycles. The van der Waals surface area contributed by atoms with E-state index in [9.17, 15) is 34.5 Å². The Morgan fingerprint density at radius 3 is 1.85 bits per heavy atom. The predicted molar refractivity (Wildman–Crippen MR) is 144 cm³/mol. The van der Waals surface area contributed by atoms with E-state index in [0.29, 0.717) is 5.56 Å². The van der Waals surface area contributed by atoms with Gasteiger partial charge in [0.1, 0.15) is 17.8 Å². The minimum Gasteiger partial charge on any atom is -0.508 e. The second-order valence-corrected chi connectivity index (χ2v) is 9.98. The van der Waals surface area contributed by atoms with Crippen molar-refractivity contribution in [2.24, 2.45) is 11.7 Å². The highest BCUT2D eigenvalue weighted by Gasteiger charge is 2.32. The number of phenols is 1. The zero-order valence-electron chi connectivity index (χ0n) is 22.3. The summed E-state index contributed by atoms with van der Waals surface area (Å²) in [6, 6.07) is 10.5. The fraction of sp³-hybridized carbons (Fsp3) is 0.429. The number of hydrogen-bond acceptors (Lipinski definition) is 7. The largest absolute Gasteiger partial charge is 0.508 e. The molecule has 0 heterocycles. The van der Waals surface area contributed by atoms with Crippen molar-refractivity contribution < 1.29 is 34.5 Å². The molecule has 5 unspecified atom stereocenters. The van der Waals surface area contributed by atoms with E-state index in [1.807, 2.05) is 44.2 Å². The first kappa shape index (κ1) is 31.3. The molecular weight excluding hydrogens is 504 g/mol. The van der Waals surface area contributed by atoms with E-state index in [1.165, 1.54) is 19.1 Å². The van der Waals surface area contributed by atoms with Gasteiger partial charge in [-0.25, -0.2) is 4.79 Å². The third-order valence-corrected chi connectivity index (χ3v) is 6.03. The molecule has 0 saturated heterocycles. The monoisotopic (exact) mass is 542 g/mol. The Labute approximate surface area is 227 Å². The summed E-state index contributed by atoms with van der Waals surface area (Å²) >= 11 is 0. The van der Waals surface area contributed by atoms with Crippen molar-refractivity contribution in [1.82, 2.24) is 16.0 Å². The third kappa shape index (κ3) is 10.4. The Kier molecular flexibility index (Phi) is 11.9. The number of phenolic OH excluding ortho intramolecular Hbond substituents is 1. The number of aliphatic carboxylic acids is 1. The van der Waals surface area contributed by atoms with Crippen LogP contribution in [0.2, 0.25) is 0 Å². The molecule has 3 amide bonds. The molecule has 0 radical (unpaired) electrons. The normalized spacial score (nSPS) is 14.9. The summed E-state index contributed by atoms with van der Waals surface area (Å²) in [5, 5.41) is 36.2. The van der Waals surface area contributed by atoms with Crippen LogP contribution in [-0.2, 0) is 32.0 Å². The molecule has 0 spiro atoms. The third-order valence-electron chi connectivity index (χ3n) is 6.03. The van der Waals surface area contributed by atoms with Gasteiger partial charge < -0.3 is 37.0 Å². The van der Waals surface area contributed by atoms with Crippen molar-refractivity contribution in [1.29, 1.82) is 0 Å². The number of hydrogen-bond donors (Lipinski definition) is 7. The van der Waals surface area contributed by atoms with Gasteiger partial charge in [-0.1, -0.05) is 56.3 Å². The van der Waals surface area contributed by atoms with Gasteiger partial charge in [0.25, 0.3) is 0 Å². The molecule has 0 saturated carbocycles. The van der Waals surface area contributed by atoms with Crippen LogP contribution in [0.3, 0.4) is 0 Å². The molecule has 2 rings (SSSR count). The smallest absolute Gasteiger partial charge is 0.328 e. The number of carboxylic acid groups (broad SMARTS) is 1. The van der Waals surface area contributed by atoms with Crippen molar-refractivity contribution in [3.63, 3.8) is 0 Å². The molecule has 2 aromatic rings. The lowest BCUT2D eigenvalue weighted by atomic mass is 10.00. The van der Waals surface area contributed by atoms with Crippen LogP contribution in [0, 0.1) is 5.92 Å². The topological polar surface area (TPSA) is 191 Å². The van der Waals surface area contributed by atoms with Crippen LogP contribution < -0.4 is 21.7 Å². The lowest BCUT2D eigenvalue weighted by Gasteiger charge is -2.26. The maximum Gasteiger partial charge on any atom is 0.328 e. The van der Waals surface area contributed by atoms with E-state index in [0.717, 1.165) is 5.56 Å². The SMILES string of the molecule is CC(C)CC(NC(=O)C(Cc1ccc(O)cc1)NC(=O)C(N)Cc1ccccc1)C(=O)NC(C(=O)O)C(C)O.